The zero-order chi connectivity index (χ0) is 15.0. The number of carbonyl (C=O) groups is 1. The van der Waals surface area contributed by atoms with Gasteiger partial charge in [0.1, 0.15) is 10.7 Å². The maximum Gasteiger partial charge on any atom is 0.265 e. The molecule has 1 aromatic heterocycles. The Labute approximate surface area is 129 Å². The summed E-state index contributed by atoms with van der Waals surface area (Å²) in [6.07, 6.45) is 4.77. The van der Waals surface area contributed by atoms with Crippen molar-refractivity contribution in [3.63, 3.8) is 0 Å². The lowest BCUT2D eigenvalue weighted by Crippen LogP contribution is -2.46. The zero-order valence-corrected chi connectivity index (χ0v) is 13.4. The fourth-order valence-corrected chi connectivity index (χ4v) is 4.13. The molecule has 6 nitrogen and oxygen atoms in total. The number of rotatable bonds is 3. The van der Waals surface area contributed by atoms with Gasteiger partial charge in [-0.15, -0.1) is 0 Å². The van der Waals surface area contributed by atoms with E-state index in [1.54, 1.807) is 0 Å². The number of carbonyl (C=O) groups excluding carboxylic acids is 1. The molecule has 2 fully saturated rings. The molecule has 2 atom stereocenters. The number of amides is 1. The molecule has 0 radical (unpaired) electrons. The molecule has 2 saturated heterocycles. The molecule has 0 aliphatic carbocycles. The zero-order valence-electron chi connectivity index (χ0n) is 12.6. The molecule has 0 aromatic carbocycles. The highest BCUT2D eigenvalue weighted by molar-refractivity contribution is 7.18. The van der Waals surface area contributed by atoms with E-state index in [0.29, 0.717) is 16.7 Å². The molecule has 2 unspecified atom stereocenters. The minimum Gasteiger partial charge on any atom is -0.382 e. The van der Waals surface area contributed by atoms with E-state index in [1.807, 2.05) is 19.0 Å². The standard InChI is InChI=1S/C14H23N5OS/c1-18(2)14-17-12(15)11(21-14)13(20)16-9-6-8-19-7-4-3-5-10(9)19/h9-10H,3-8,15H2,1-2H3,(H,16,20). The molecule has 0 bridgehead atoms. The van der Waals surface area contributed by atoms with Gasteiger partial charge >= 0.3 is 0 Å². The van der Waals surface area contributed by atoms with E-state index in [2.05, 4.69) is 15.2 Å². The van der Waals surface area contributed by atoms with E-state index in [0.717, 1.165) is 18.1 Å². The first-order valence-electron chi connectivity index (χ1n) is 7.55. The first kappa shape index (κ1) is 14.6. The minimum absolute atomic E-state index is 0.0736. The lowest BCUT2D eigenvalue weighted by atomic mass is 9.99. The molecular weight excluding hydrogens is 286 g/mol. The van der Waals surface area contributed by atoms with E-state index in [-0.39, 0.29) is 11.9 Å². The fourth-order valence-electron chi connectivity index (χ4n) is 3.32. The van der Waals surface area contributed by atoms with Crippen LogP contribution in [-0.4, -0.2) is 55.1 Å². The number of hydrogen-bond donors (Lipinski definition) is 2. The number of piperidine rings is 1. The summed E-state index contributed by atoms with van der Waals surface area (Å²) in [5.74, 6) is 0.259. The summed E-state index contributed by atoms with van der Waals surface area (Å²) in [6.45, 7) is 2.27. The van der Waals surface area contributed by atoms with Crippen LogP contribution < -0.4 is 16.0 Å². The Bertz CT molecular complexity index is 529. The Morgan fingerprint density at radius 3 is 2.90 bits per heavy atom. The second kappa shape index (κ2) is 5.81. The van der Waals surface area contributed by atoms with Crippen LogP contribution in [0.5, 0.6) is 0 Å². The van der Waals surface area contributed by atoms with Crippen LogP contribution in [0.2, 0.25) is 0 Å². The third kappa shape index (κ3) is 2.85. The lowest BCUT2D eigenvalue weighted by Gasteiger charge is -2.32. The van der Waals surface area contributed by atoms with E-state index in [4.69, 9.17) is 5.73 Å². The van der Waals surface area contributed by atoms with Crippen LogP contribution in [0.4, 0.5) is 10.9 Å². The van der Waals surface area contributed by atoms with Crippen LogP contribution in [-0.2, 0) is 0 Å². The molecule has 3 N–H and O–H groups in total. The average Bonchev–Trinajstić information content (AvgIpc) is 3.03. The number of thiazole rings is 1. The quantitative estimate of drug-likeness (QED) is 0.876. The van der Waals surface area contributed by atoms with Gasteiger partial charge in [-0.1, -0.05) is 17.8 Å². The molecule has 2 aliphatic heterocycles. The molecule has 1 amide bonds. The van der Waals surface area contributed by atoms with Crippen molar-refractivity contribution in [3.05, 3.63) is 4.88 Å². The maximum absolute atomic E-state index is 12.5. The van der Waals surface area contributed by atoms with Crippen LogP contribution in [0.1, 0.15) is 35.4 Å². The summed E-state index contributed by atoms with van der Waals surface area (Å²) >= 11 is 1.35. The number of nitrogens with zero attached hydrogens (tertiary/aromatic N) is 3. The Balaban J connectivity index is 1.69. The van der Waals surface area contributed by atoms with Crippen molar-refractivity contribution in [2.24, 2.45) is 0 Å². The van der Waals surface area contributed by atoms with Gasteiger partial charge in [-0.2, -0.15) is 0 Å². The third-order valence-corrected chi connectivity index (χ3v) is 5.64. The predicted molar refractivity (Wildman–Crippen MR) is 85.9 cm³/mol. The molecule has 1 aromatic rings. The minimum atomic E-state index is -0.0736. The van der Waals surface area contributed by atoms with Crippen LogP contribution >= 0.6 is 11.3 Å². The van der Waals surface area contributed by atoms with Gasteiger partial charge < -0.3 is 16.0 Å². The van der Waals surface area contributed by atoms with Gasteiger partial charge in [-0.25, -0.2) is 4.98 Å². The Morgan fingerprint density at radius 1 is 1.38 bits per heavy atom. The second-order valence-electron chi connectivity index (χ2n) is 6.07. The van der Waals surface area contributed by atoms with E-state index in [9.17, 15) is 4.79 Å². The normalized spacial score (nSPS) is 25.6. The molecule has 0 saturated carbocycles. The van der Waals surface area contributed by atoms with Crippen molar-refractivity contribution in [1.82, 2.24) is 15.2 Å². The van der Waals surface area contributed by atoms with Crippen molar-refractivity contribution in [2.75, 3.05) is 37.8 Å². The molecule has 0 spiro atoms. The number of nitrogens with one attached hydrogen (secondary N) is 1. The Kier molecular flexibility index (Phi) is 4.03. The first-order chi connectivity index (χ1) is 10.1. The predicted octanol–water partition coefficient (Wildman–Crippen LogP) is 1.15. The molecule has 7 heteroatoms. The van der Waals surface area contributed by atoms with Gasteiger partial charge in [0, 0.05) is 32.7 Å². The smallest absolute Gasteiger partial charge is 0.265 e. The highest BCUT2D eigenvalue weighted by Crippen LogP contribution is 2.29. The van der Waals surface area contributed by atoms with Crippen LogP contribution in [0.3, 0.4) is 0 Å². The average molecular weight is 309 g/mol. The molecule has 3 rings (SSSR count). The summed E-state index contributed by atoms with van der Waals surface area (Å²) in [5.41, 5.74) is 5.89. The maximum atomic E-state index is 12.5. The molecule has 21 heavy (non-hydrogen) atoms. The van der Waals surface area contributed by atoms with Crippen LogP contribution in [0, 0.1) is 0 Å². The van der Waals surface area contributed by atoms with Gasteiger partial charge in [0.2, 0.25) is 0 Å². The van der Waals surface area contributed by atoms with Gasteiger partial charge in [0.15, 0.2) is 5.13 Å². The Morgan fingerprint density at radius 2 is 2.19 bits per heavy atom. The largest absolute Gasteiger partial charge is 0.382 e. The SMILES string of the molecule is CN(C)c1nc(N)c(C(=O)NC2CCN3CCCCC23)s1. The molecular formula is C14H23N5OS. The van der Waals surface area contributed by atoms with Crippen molar-refractivity contribution in [3.8, 4) is 0 Å². The topological polar surface area (TPSA) is 74.5 Å². The monoisotopic (exact) mass is 309 g/mol. The van der Waals surface area contributed by atoms with Gasteiger partial charge in [-0.05, 0) is 25.8 Å². The molecule has 3 heterocycles. The second-order valence-corrected chi connectivity index (χ2v) is 7.05. The lowest BCUT2D eigenvalue weighted by molar-refractivity contribution is 0.0920. The fraction of sp³-hybridized carbons (Fsp3) is 0.714. The van der Waals surface area contributed by atoms with Gasteiger partial charge in [-0.3, -0.25) is 9.69 Å². The number of hydrogen-bond acceptors (Lipinski definition) is 6. The first-order valence-corrected chi connectivity index (χ1v) is 8.36. The van der Waals surface area contributed by atoms with Crippen molar-refractivity contribution < 1.29 is 4.79 Å². The third-order valence-electron chi connectivity index (χ3n) is 4.40. The summed E-state index contributed by atoms with van der Waals surface area (Å²) in [6, 6.07) is 0.757. The number of nitrogens with two attached hydrogens (primary N) is 1. The van der Waals surface area contributed by atoms with Crippen molar-refractivity contribution >= 4 is 28.2 Å². The van der Waals surface area contributed by atoms with E-state index < -0.39 is 0 Å². The summed E-state index contributed by atoms with van der Waals surface area (Å²) < 4.78 is 0. The van der Waals surface area contributed by atoms with Crippen molar-refractivity contribution in [2.45, 2.75) is 37.8 Å². The summed E-state index contributed by atoms with van der Waals surface area (Å²) in [5, 5.41) is 3.95. The van der Waals surface area contributed by atoms with E-state index in [1.165, 1.54) is 37.1 Å². The molecule has 2 aliphatic rings. The highest BCUT2D eigenvalue weighted by atomic mass is 32.1. The summed E-state index contributed by atoms with van der Waals surface area (Å²) in [7, 11) is 3.80. The number of nitrogen functional groups attached to an aromatic ring is 1. The van der Waals surface area contributed by atoms with Crippen molar-refractivity contribution in [1.29, 1.82) is 0 Å². The highest BCUT2D eigenvalue weighted by Gasteiger charge is 2.36. The summed E-state index contributed by atoms with van der Waals surface area (Å²) in [4.78, 5) is 21.6. The number of fused-ring (bicyclic) bond motifs is 1. The van der Waals surface area contributed by atoms with E-state index >= 15 is 0 Å². The number of anilines is 2. The molecule has 116 valence electrons. The number of aromatic nitrogens is 1. The van der Waals surface area contributed by atoms with Crippen LogP contribution in [0.15, 0.2) is 0 Å². The van der Waals surface area contributed by atoms with Crippen LogP contribution in [0.25, 0.3) is 0 Å². The Hall–Kier alpha value is -1.34. The van der Waals surface area contributed by atoms with Gasteiger partial charge in [0.25, 0.3) is 5.91 Å². The van der Waals surface area contributed by atoms with Gasteiger partial charge in [0.05, 0.1) is 0 Å².